The van der Waals surface area contributed by atoms with Gasteiger partial charge in [-0.2, -0.15) is 0 Å². The fourth-order valence-electron chi connectivity index (χ4n) is 1.70. The van der Waals surface area contributed by atoms with Crippen LogP contribution in [-0.4, -0.2) is 18.1 Å². The Morgan fingerprint density at radius 2 is 1.88 bits per heavy atom. The van der Waals surface area contributed by atoms with Crippen LogP contribution >= 0.6 is 17.0 Å². The number of benzene rings is 1. The molecule has 0 bridgehead atoms. The second kappa shape index (κ2) is 5.89. The molecule has 0 radical (unpaired) electrons. The Labute approximate surface area is 106 Å². The van der Waals surface area contributed by atoms with Gasteiger partial charge in [0.15, 0.2) is 0 Å². The molecule has 0 spiro atoms. The van der Waals surface area contributed by atoms with Crippen LogP contribution < -0.4 is 4.90 Å². The van der Waals surface area contributed by atoms with Crippen LogP contribution in [0.4, 0.5) is 10.1 Å². The van der Waals surface area contributed by atoms with Crippen molar-refractivity contribution in [2.24, 2.45) is 0 Å². The standard InChI is InChI=1S/C12H15FN2.BrH/c1-2-7-14-8-9-15(10-14)12-5-3-11(13)4-6-12;/h3-6,8-9H,2,7,10H2,1H3;1H. The maximum atomic E-state index is 12.7. The minimum atomic E-state index is -0.188. The van der Waals surface area contributed by atoms with Gasteiger partial charge in [-0.3, -0.25) is 0 Å². The Bertz CT molecular complexity index is 351. The monoisotopic (exact) mass is 286 g/mol. The predicted octanol–water partition coefficient (Wildman–Crippen LogP) is 3.36. The van der Waals surface area contributed by atoms with Crippen LogP contribution in [0.5, 0.6) is 0 Å². The molecule has 1 aliphatic rings. The summed E-state index contributed by atoms with van der Waals surface area (Å²) in [6.07, 6.45) is 5.25. The lowest BCUT2D eigenvalue weighted by atomic mass is 10.3. The van der Waals surface area contributed by atoms with E-state index in [1.807, 2.05) is 6.20 Å². The highest BCUT2D eigenvalue weighted by Gasteiger charge is 2.12. The van der Waals surface area contributed by atoms with Gasteiger partial charge in [-0.1, -0.05) is 6.92 Å². The maximum Gasteiger partial charge on any atom is 0.123 e. The third-order valence-electron chi connectivity index (χ3n) is 2.46. The molecule has 0 aliphatic carbocycles. The van der Waals surface area contributed by atoms with Gasteiger partial charge in [0.05, 0.1) is 6.67 Å². The van der Waals surface area contributed by atoms with Gasteiger partial charge in [0.1, 0.15) is 5.82 Å². The molecule has 0 saturated carbocycles. The summed E-state index contributed by atoms with van der Waals surface area (Å²) in [4.78, 5) is 4.35. The van der Waals surface area contributed by atoms with Crippen molar-refractivity contribution in [3.8, 4) is 0 Å². The summed E-state index contributed by atoms with van der Waals surface area (Å²) in [5, 5.41) is 0. The molecule has 0 atom stereocenters. The minimum Gasteiger partial charge on any atom is -0.358 e. The normalized spacial score (nSPS) is 14.1. The van der Waals surface area contributed by atoms with E-state index in [0.29, 0.717) is 0 Å². The molecule has 0 amide bonds. The topological polar surface area (TPSA) is 6.48 Å². The van der Waals surface area contributed by atoms with E-state index in [-0.39, 0.29) is 22.8 Å². The lowest BCUT2D eigenvalue weighted by molar-refractivity contribution is 0.406. The number of halogens is 2. The summed E-state index contributed by atoms with van der Waals surface area (Å²) in [7, 11) is 0. The van der Waals surface area contributed by atoms with Gasteiger partial charge in [-0.25, -0.2) is 4.39 Å². The molecule has 1 aliphatic heterocycles. The first-order valence-corrected chi connectivity index (χ1v) is 5.24. The van der Waals surface area contributed by atoms with Crippen molar-refractivity contribution in [3.05, 3.63) is 42.5 Å². The highest BCUT2D eigenvalue weighted by molar-refractivity contribution is 8.93. The van der Waals surface area contributed by atoms with E-state index in [9.17, 15) is 4.39 Å². The van der Waals surface area contributed by atoms with Crippen molar-refractivity contribution in [2.75, 3.05) is 18.1 Å². The first-order chi connectivity index (χ1) is 7.29. The van der Waals surface area contributed by atoms with E-state index in [1.165, 1.54) is 12.1 Å². The molecule has 88 valence electrons. The van der Waals surface area contributed by atoms with Crippen LogP contribution in [0, 0.1) is 5.82 Å². The average Bonchev–Trinajstić information content (AvgIpc) is 2.68. The molecule has 0 fully saturated rings. The zero-order valence-corrected chi connectivity index (χ0v) is 11.0. The van der Waals surface area contributed by atoms with E-state index in [2.05, 4.69) is 22.9 Å². The molecule has 0 saturated heterocycles. The fraction of sp³-hybridized carbons (Fsp3) is 0.333. The smallest absolute Gasteiger partial charge is 0.123 e. The largest absolute Gasteiger partial charge is 0.358 e. The molecule has 1 heterocycles. The summed E-state index contributed by atoms with van der Waals surface area (Å²) >= 11 is 0. The highest BCUT2D eigenvalue weighted by atomic mass is 79.9. The zero-order chi connectivity index (χ0) is 10.7. The van der Waals surface area contributed by atoms with Crippen LogP contribution in [0.25, 0.3) is 0 Å². The van der Waals surface area contributed by atoms with Crippen LogP contribution in [-0.2, 0) is 0 Å². The molecule has 2 nitrogen and oxygen atoms in total. The summed E-state index contributed by atoms with van der Waals surface area (Å²) in [5.74, 6) is -0.188. The Hall–Kier alpha value is -1.03. The van der Waals surface area contributed by atoms with E-state index in [0.717, 1.165) is 25.3 Å². The second-order valence-electron chi connectivity index (χ2n) is 3.70. The third kappa shape index (κ3) is 2.98. The lowest BCUT2D eigenvalue weighted by Crippen LogP contribution is -2.25. The van der Waals surface area contributed by atoms with Crippen molar-refractivity contribution in [1.82, 2.24) is 4.90 Å². The van der Waals surface area contributed by atoms with Gasteiger partial charge >= 0.3 is 0 Å². The number of nitrogens with zero attached hydrogens (tertiary/aromatic N) is 2. The van der Waals surface area contributed by atoms with Crippen LogP contribution in [0.2, 0.25) is 0 Å². The zero-order valence-electron chi connectivity index (χ0n) is 9.27. The van der Waals surface area contributed by atoms with E-state index >= 15 is 0 Å². The molecule has 4 heteroatoms. The number of hydrogen-bond acceptors (Lipinski definition) is 2. The highest BCUT2D eigenvalue weighted by Crippen LogP contribution is 2.19. The van der Waals surface area contributed by atoms with Gasteiger partial charge in [0, 0.05) is 24.6 Å². The molecule has 1 aromatic rings. The van der Waals surface area contributed by atoms with Crippen molar-refractivity contribution in [3.63, 3.8) is 0 Å². The van der Waals surface area contributed by atoms with Crippen molar-refractivity contribution < 1.29 is 4.39 Å². The Morgan fingerprint density at radius 1 is 1.19 bits per heavy atom. The van der Waals surface area contributed by atoms with E-state index in [4.69, 9.17) is 0 Å². The van der Waals surface area contributed by atoms with Crippen molar-refractivity contribution in [1.29, 1.82) is 0 Å². The van der Waals surface area contributed by atoms with Crippen molar-refractivity contribution in [2.45, 2.75) is 13.3 Å². The van der Waals surface area contributed by atoms with E-state index < -0.39 is 0 Å². The molecule has 0 N–H and O–H groups in total. The molecular formula is C12H16BrFN2. The maximum absolute atomic E-state index is 12.7. The Kier molecular flexibility index (Phi) is 4.80. The second-order valence-corrected chi connectivity index (χ2v) is 3.70. The quantitative estimate of drug-likeness (QED) is 0.841. The van der Waals surface area contributed by atoms with Gasteiger partial charge in [-0.15, -0.1) is 17.0 Å². The van der Waals surface area contributed by atoms with Gasteiger partial charge in [-0.05, 0) is 30.7 Å². The summed E-state index contributed by atoms with van der Waals surface area (Å²) in [6.45, 7) is 4.09. The Balaban J connectivity index is 0.00000128. The Morgan fingerprint density at radius 3 is 2.50 bits per heavy atom. The summed E-state index contributed by atoms with van der Waals surface area (Å²) in [6, 6.07) is 6.58. The van der Waals surface area contributed by atoms with Gasteiger partial charge in [0.2, 0.25) is 0 Å². The first-order valence-electron chi connectivity index (χ1n) is 5.24. The van der Waals surface area contributed by atoms with Crippen molar-refractivity contribution >= 4 is 22.7 Å². The lowest BCUT2D eigenvalue weighted by Gasteiger charge is -2.20. The molecule has 0 unspecified atom stereocenters. The van der Waals surface area contributed by atoms with E-state index in [1.54, 1.807) is 12.1 Å². The molecular weight excluding hydrogens is 271 g/mol. The third-order valence-corrected chi connectivity index (χ3v) is 2.46. The summed E-state index contributed by atoms with van der Waals surface area (Å²) < 4.78 is 12.7. The van der Waals surface area contributed by atoms with Crippen LogP contribution in [0.1, 0.15) is 13.3 Å². The fourth-order valence-corrected chi connectivity index (χ4v) is 1.70. The minimum absolute atomic E-state index is 0. The number of anilines is 1. The molecule has 0 aromatic heterocycles. The van der Waals surface area contributed by atoms with Crippen LogP contribution in [0.15, 0.2) is 36.7 Å². The molecule has 16 heavy (non-hydrogen) atoms. The first kappa shape index (κ1) is 13.0. The molecule has 1 aromatic carbocycles. The van der Waals surface area contributed by atoms with Gasteiger partial charge < -0.3 is 9.80 Å². The summed E-state index contributed by atoms with van der Waals surface area (Å²) in [5.41, 5.74) is 1.03. The van der Waals surface area contributed by atoms with Crippen LogP contribution in [0.3, 0.4) is 0 Å². The number of hydrogen-bond donors (Lipinski definition) is 0. The number of rotatable bonds is 3. The van der Waals surface area contributed by atoms with Gasteiger partial charge in [0.25, 0.3) is 0 Å². The average molecular weight is 287 g/mol. The SMILES string of the molecule is Br.CCCN1C=CN(c2ccc(F)cc2)C1. The predicted molar refractivity (Wildman–Crippen MR) is 70.2 cm³/mol. The molecule has 2 rings (SSSR count).